The van der Waals surface area contributed by atoms with Crippen LogP contribution in [0.25, 0.3) is 0 Å². The van der Waals surface area contributed by atoms with E-state index in [1.807, 2.05) is 0 Å². The van der Waals surface area contributed by atoms with E-state index in [0.717, 1.165) is 0 Å². The molecule has 0 aliphatic carbocycles. The van der Waals surface area contributed by atoms with Crippen molar-refractivity contribution in [2.45, 2.75) is 32.6 Å². The van der Waals surface area contributed by atoms with Crippen LogP contribution in [0.15, 0.2) is 16.2 Å². The molecule has 0 fully saturated rings. The van der Waals surface area contributed by atoms with Gasteiger partial charge in [0.2, 0.25) is 5.91 Å². The topological polar surface area (TPSA) is 117 Å². The molecule has 0 aromatic carbocycles. The first-order valence-electron chi connectivity index (χ1n) is 6.82. The molecule has 0 unspecified atom stereocenters. The molecule has 1 heterocycles. The highest BCUT2D eigenvalue weighted by molar-refractivity contribution is 5.76. The van der Waals surface area contributed by atoms with E-state index in [-0.39, 0.29) is 18.7 Å². The van der Waals surface area contributed by atoms with E-state index in [1.165, 1.54) is 6.34 Å². The maximum absolute atomic E-state index is 11.5. The highest BCUT2D eigenvalue weighted by Gasteiger charge is 2.05. The number of hydrogen-bond acceptors (Lipinski definition) is 5. The summed E-state index contributed by atoms with van der Waals surface area (Å²) in [7, 11) is 0. The van der Waals surface area contributed by atoms with Crippen LogP contribution in [0.4, 0.5) is 5.82 Å². The first kappa shape index (κ1) is 17.4. The van der Waals surface area contributed by atoms with Crippen LogP contribution in [0.5, 0.6) is 0 Å². The Labute approximate surface area is 128 Å². The van der Waals surface area contributed by atoms with Crippen molar-refractivity contribution < 1.29 is 14.7 Å². The lowest BCUT2D eigenvalue weighted by atomic mass is 10.2. The summed E-state index contributed by atoms with van der Waals surface area (Å²) in [5.74, 6) is -0.599. The predicted molar refractivity (Wildman–Crippen MR) is 82.7 cm³/mol. The number of aryl methyl sites for hydroxylation is 1. The minimum Gasteiger partial charge on any atom is -0.481 e. The van der Waals surface area contributed by atoms with Gasteiger partial charge in [-0.15, -0.1) is 0 Å². The van der Waals surface area contributed by atoms with Crippen LogP contribution in [0.1, 0.15) is 30.7 Å². The largest absolute Gasteiger partial charge is 0.481 e. The Morgan fingerprint density at radius 3 is 2.91 bits per heavy atom. The molecule has 8 nitrogen and oxygen atoms in total. The smallest absolute Gasteiger partial charge is 0.303 e. The van der Waals surface area contributed by atoms with Crippen LogP contribution in [0, 0.1) is 6.92 Å². The molecule has 1 rings (SSSR count). The summed E-state index contributed by atoms with van der Waals surface area (Å²) in [5, 5.41) is 11.2. The minimum absolute atomic E-state index is 0.00440. The standard InChI is InChI=1S/C14H19N5O3/c1-10-14(18-9-15-2)19-11(8-17-10)6-7-16-12(20)4-3-5-13(21)22/h8-9H,2-7H2,1H3,(H,16,20)(H,21,22). The SMILES string of the molecule is C=NC=Nc1nc(CCNC(=O)CCCC(=O)O)cnc1C. The van der Waals surface area contributed by atoms with Gasteiger partial charge in [-0.1, -0.05) is 0 Å². The first-order chi connectivity index (χ1) is 10.5. The molecule has 1 aromatic rings. The van der Waals surface area contributed by atoms with Crippen molar-refractivity contribution in [2.75, 3.05) is 6.54 Å². The lowest BCUT2D eigenvalue weighted by Gasteiger charge is -2.05. The normalized spacial score (nSPS) is 10.6. The second-order valence-corrected chi connectivity index (χ2v) is 4.54. The van der Waals surface area contributed by atoms with Crippen molar-refractivity contribution in [2.24, 2.45) is 9.98 Å². The Balaban J connectivity index is 2.41. The van der Waals surface area contributed by atoms with Gasteiger partial charge in [-0.2, -0.15) is 0 Å². The van der Waals surface area contributed by atoms with Gasteiger partial charge in [0.25, 0.3) is 0 Å². The molecule has 0 saturated heterocycles. The molecule has 0 aliphatic rings. The summed E-state index contributed by atoms with van der Waals surface area (Å²) in [5.41, 5.74) is 1.38. The molecule has 22 heavy (non-hydrogen) atoms. The van der Waals surface area contributed by atoms with E-state index in [4.69, 9.17) is 5.11 Å². The number of carboxylic acids is 1. The van der Waals surface area contributed by atoms with E-state index < -0.39 is 5.97 Å². The first-order valence-corrected chi connectivity index (χ1v) is 6.82. The number of carbonyl (C=O) groups is 2. The highest BCUT2D eigenvalue weighted by Crippen LogP contribution is 2.12. The molecular weight excluding hydrogens is 286 g/mol. The molecule has 1 amide bonds. The molecule has 1 aromatic heterocycles. The van der Waals surface area contributed by atoms with Crippen LogP contribution in [-0.4, -0.2) is 46.6 Å². The fourth-order valence-electron chi connectivity index (χ4n) is 1.63. The van der Waals surface area contributed by atoms with E-state index in [0.29, 0.717) is 36.6 Å². The molecule has 2 N–H and O–H groups in total. The van der Waals surface area contributed by atoms with Gasteiger partial charge in [-0.25, -0.2) is 9.98 Å². The number of carbonyl (C=O) groups excluding carboxylic acids is 1. The van der Waals surface area contributed by atoms with Gasteiger partial charge in [0.15, 0.2) is 5.82 Å². The third kappa shape index (κ3) is 6.69. The van der Waals surface area contributed by atoms with Crippen molar-refractivity contribution in [3.05, 3.63) is 17.6 Å². The van der Waals surface area contributed by atoms with Crippen LogP contribution in [0.2, 0.25) is 0 Å². The van der Waals surface area contributed by atoms with Crippen molar-refractivity contribution in [3.63, 3.8) is 0 Å². The molecule has 0 atom stereocenters. The van der Waals surface area contributed by atoms with E-state index in [1.54, 1.807) is 13.1 Å². The predicted octanol–water partition coefficient (Wildman–Crippen LogP) is 1.06. The number of aliphatic imine (C=N–C) groups is 2. The number of amides is 1. The number of nitrogens with zero attached hydrogens (tertiary/aromatic N) is 4. The summed E-state index contributed by atoms with van der Waals surface area (Å²) < 4.78 is 0. The quantitative estimate of drug-likeness (QED) is 0.522. The maximum atomic E-state index is 11.5. The van der Waals surface area contributed by atoms with Crippen LogP contribution in [0.3, 0.4) is 0 Å². The number of rotatable bonds is 9. The second kappa shape index (κ2) is 9.32. The van der Waals surface area contributed by atoms with Crippen LogP contribution < -0.4 is 5.32 Å². The second-order valence-electron chi connectivity index (χ2n) is 4.54. The fourth-order valence-corrected chi connectivity index (χ4v) is 1.63. The van der Waals surface area contributed by atoms with Crippen LogP contribution >= 0.6 is 0 Å². The van der Waals surface area contributed by atoms with Crippen LogP contribution in [-0.2, 0) is 16.0 Å². The van der Waals surface area contributed by atoms with E-state index in [9.17, 15) is 9.59 Å². The van der Waals surface area contributed by atoms with E-state index >= 15 is 0 Å². The van der Waals surface area contributed by atoms with Gasteiger partial charge in [0.1, 0.15) is 6.34 Å². The molecule has 0 saturated carbocycles. The van der Waals surface area contributed by atoms with Crippen molar-refractivity contribution in [3.8, 4) is 0 Å². The van der Waals surface area contributed by atoms with Gasteiger partial charge in [0, 0.05) is 32.0 Å². The summed E-state index contributed by atoms with van der Waals surface area (Å²) in [6.45, 7) is 5.50. The summed E-state index contributed by atoms with van der Waals surface area (Å²) in [4.78, 5) is 37.9. The number of nitrogens with one attached hydrogen (secondary N) is 1. The van der Waals surface area contributed by atoms with Gasteiger partial charge < -0.3 is 10.4 Å². The van der Waals surface area contributed by atoms with E-state index in [2.05, 4.69) is 32.0 Å². The molecular formula is C14H19N5O3. The van der Waals surface area contributed by atoms with Crippen molar-refractivity contribution >= 4 is 30.8 Å². The third-order valence-corrected chi connectivity index (χ3v) is 2.74. The minimum atomic E-state index is -0.898. The average molecular weight is 305 g/mol. The summed E-state index contributed by atoms with van der Waals surface area (Å²) in [6, 6.07) is 0. The van der Waals surface area contributed by atoms with Gasteiger partial charge in [-0.3, -0.25) is 19.6 Å². The van der Waals surface area contributed by atoms with Gasteiger partial charge in [0.05, 0.1) is 11.4 Å². The van der Waals surface area contributed by atoms with Crippen molar-refractivity contribution in [1.29, 1.82) is 0 Å². The Morgan fingerprint density at radius 2 is 2.23 bits per heavy atom. The maximum Gasteiger partial charge on any atom is 0.303 e. The monoisotopic (exact) mass is 305 g/mol. The number of aromatic nitrogens is 2. The summed E-state index contributed by atoms with van der Waals surface area (Å²) in [6.07, 6.45) is 3.97. The zero-order valence-corrected chi connectivity index (χ0v) is 12.4. The van der Waals surface area contributed by atoms with Crippen molar-refractivity contribution in [1.82, 2.24) is 15.3 Å². The Bertz CT molecular complexity index is 572. The zero-order valence-electron chi connectivity index (χ0n) is 12.4. The molecule has 118 valence electrons. The Hall–Kier alpha value is -2.64. The Morgan fingerprint density at radius 1 is 1.45 bits per heavy atom. The highest BCUT2D eigenvalue weighted by atomic mass is 16.4. The number of carboxylic acid groups (broad SMARTS) is 1. The molecule has 0 aliphatic heterocycles. The molecule has 8 heteroatoms. The fraction of sp³-hybridized carbons (Fsp3) is 0.429. The molecule has 0 spiro atoms. The van der Waals surface area contributed by atoms with Gasteiger partial charge in [-0.05, 0) is 20.1 Å². The Kier molecular flexibility index (Phi) is 7.38. The number of aliphatic carboxylic acids is 1. The third-order valence-electron chi connectivity index (χ3n) is 2.74. The summed E-state index contributed by atoms with van der Waals surface area (Å²) >= 11 is 0. The molecule has 0 radical (unpaired) electrons. The molecule has 0 bridgehead atoms. The lowest BCUT2D eigenvalue weighted by molar-refractivity contribution is -0.137. The average Bonchev–Trinajstić information content (AvgIpc) is 2.47. The zero-order chi connectivity index (χ0) is 16.4. The van der Waals surface area contributed by atoms with Gasteiger partial charge >= 0.3 is 5.97 Å². The number of hydrogen-bond donors (Lipinski definition) is 2. The lowest BCUT2D eigenvalue weighted by Crippen LogP contribution is -2.25.